The summed E-state index contributed by atoms with van der Waals surface area (Å²) in [6.07, 6.45) is 0. The minimum absolute atomic E-state index is 0.0333. The van der Waals surface area contributed by atoms with Crippen LogP contribution in [0.3, 0.4) is 0 Å². The number of Topliss-reactive ketones (excluding diaryl/α,β-unsaturated/α-hetero) is 1. The summed E-state index contributed by atoms with van der Waals surface area (Å²) in [7, 11) is 12.4. The van der Waals surface area contributed by atoms with E-state index in [9.17, 15) is 4.79 Å². The van der Waals surface area contributed by atoms with Crippen molar-refractivity contribution in [1.29, 1.82) is 0 Å². The number of para-hydroxylation sites is 1. The van der Waals surface area contributed by atoms with Crippen molar-refractivity contribution in [3.63, 3.8) is 0 Å². The molecule has 0 spiro atoms. The largest absolute Gasteiger partial charge is 0.493 e. The van der Waals surface area contributed by atoms with Crippen LogP contribution in [0.1, 0.15) is 15.9 Å². The van der Waals surface area contributed by atoms with E-state index in [1.807, 2.05) is 0 Å². The van der Waals surface area contributed by atoms with Gasteiger partial charge in [-0.05, 0) is 12.1 Å². The first-order chi connectivity index (χ1) is 16.9. The molecule has 0 aliphatic carbocycles. The zero-order valence-electron chi connectivity index (χ0n) is 21.2. The van der Waals surface area contributed by atoms with Gasteiger partial charge in [0.05, 0.1) is 48.2 Å². The quantitative estimate of drug-likeness (QED) is 0.455. The molecule has 11 nitrogen and oxygen atoms in total. The lowest BCUT2D eigenvalue weighted by atomic mass is 9.84. The standard InChI is InChI=1S/C24H30O11/c1-26-14-12-10-11-13(16(14)27-2)23(32-7)24(33-8,34-9)22(25)15-17(28-3)19(29-4)21(31-6)20(30-5)18(15)35-23/h10-12H,1-9H3. The highest BCUT2D eigenvalue weighted by Gasteiger charge is 2.69. The maximum Gasteiger partial charge on any atom is 0.306 e. The number of carbonyl (C=O) groups is 1. The molecule has 0 N–H and O–H groups in total. The Kier molecular flexibility index (Phi) is 7.53. The summed E-state index contributed by atoms with van der Waals surface area (Å²) < 4.78 is 57.2. The fourth-order valence-corrected chi connectivity index (χ4v) is 4.42. The number of hydrogen-bond acceptors (Lipinski definition) is 11. The molecule has 0 aromatic heterocycles. The third kappa shape index (κ3) is 3.41. The molecule has 0 saturated carbocycles. The van der Waals surface area contributed by atoms with Gasteiger partial charge in [-0.15, -0.1) is 0 Å². The van der Waals surface area contributed by atoms with Crippen LogP contribution in [-0.2, 0) is 20.0 Å². The van der Waals surface area contributed by atoms with Gasteiger partial charge in [0.2, 0.25) is 23.0 Å². The van der Waals surface area contributed by atoms with Crippen LogP contribution in [0.15, 0.2) is 18.2 Å². The molecule has 3 rings (SSSR count). The molecule has 35 heavy (non-hydrogen) atoms. The molecule has 0 radical (unpaired) electrons. The molecule has 2 aromatic carbocycles. The molecule has 0 fully saturated rings. The molecular formula is C24H30O11. The van der Waals surface area contributed by atoms with Gasteiger partial charge in [-0.25, -0.2) is 0 Å². The van der Waals surface area contributed by atoms with Crippen LogP contribution in [0, 0.1) is 0 Å². The molecule has 192 valence electrons. The van der Waals surface area contributed by atoms with Gasteiger partial charge in [0.1, 0.15) is 5.56 Å². The topological polar surface area (TPSA) is 109 Å². The molecule has 0 amide bonds. The highest BCUT2D eigenvalue weighted by molar-refractivity contribution is 6.10. The Balaban J connectivity index is 2.55. The predicted molar refractivity (Wildman–Crippen MR) is 123 cm³/mol. The smallest absolute Gasteiger partial charge is 0.306 e. The fourth-order valence-electron chi connectivity index (χ4n) is 4.42. The summed E-state index contributed by atoms with van der Waals surface area (Å²) in [4.78, 5) is 14.3. The Morgan fingerprint density at radius 3 is 1.63 bits per heavy atom. The number of methoxy groups -OCH3 is 9. The monoisotopic (exact) mass is 494 g/mol. The summed E-state index contributed by atoms with van der Waals surface area (Å²) in [5.74, 6) is -3.99. The third-order valence-corrected chi connectivity index (χ3v) is 5.92. The van der Waals surface area contributed by atoms with Crippen molar-refractivity contribution in [1.82, 2.24) is 0 Å². The van der Waals surface area contributed by atoms with Crippen molar-refractivity contribution < 1.29 is 52.2 Å². The van der Waals surface area contributed by atoms with E-state index in [-0.39, 0.29) is 45.6 Å². The highest BCUT2D eigenvalue weighted by Crippen LogP contribution is 2.61. The van der Waals surface area contributed by atoms with Gasteiger partial charge in [0, 0.05) is 21.3 Å². The average Bonchev–Trinajstić information content (AvgIpc) is 2.90. The van der Waals surface area contributed by atoms with Crippen LogP contribution >= 0.6 is 0 Å². The second-order valence-corrected chi connectivity index (χ2v) is 7.15. The summed E-state index contributed by atoms with van der Waals surface area (Å²) in [5, 5.41) is 0. The van der Waals surface area contributed by atoms with Crippen molar-refractivity contribution in [2.45, 2.75) is 11.6 Å². The second-order valence-electron chi connectivity index (χ2n) is 7.15. The number of fused-ring (bicyclic) bond motifs is 1. The Morgan fingerprint density at radius 1 is 0.629 bits per heavy atom. The van der Waals surface area contributed by atoms with E-state index in [0.717, 1.165) is 0 Å². The second kappa shape index (κ2) is 10.1. The molecule has 2 aromatic rings. The molecule has 0 bridgehead atoms. The van der Waals surface area contributed by atoms with E-state index in [4.69, 9.17) is 47.4 Å². The number of benzene rings is 2. The molecule has 11 heteroatoms. The average molecular weight is 494 g/mol. The highest BCUT2D eigenvalue weighted by atomic mass is 16.8. The van der Waals surface area contributed by atoms with Gasteiger partial charge in [-0.2, -0.15) is 0 Å². The van der Waals surface area contributed by atoms with Gasteiger partial charge in [-0.1, -0.05) is 6.07 Å². The summed E-state index contributed by atoms with van der Waals surface area (Å²) in [6, 6.07) is 5.01. The first kappa shape index (κ1) is 26.2. The van der Waals surface area contributed by atoms with Gasteiger partial charge in [0.15, 0.2) is 23.0 Å². The predicted octanol–water partition coefficient (Wildman–Crippen LogP) is 2.80. The molecule has 1 heterocycles. The Bertz CT molecular complexity index is 1090. The van der Waals surface area contributed by atoms with Crippen LogP contribution in [-0.4, -0.2) is 75.6 Å². The van der Waals surface area contributed by atoms with Crippen LogP contribution in [0.5, 0.6) is 40.2 Å². The number of hydrogen-bond donors (Lipinski definition) is 0. The maximum atomic E-state index is 14.3. The van der Waals surface area contributed by atoms with Crippen molar-refractivity contribution >= 4 is 5.78 Å². The third-order valence-electron chi connectivity index (χ3n) is 5.92. The lowest BCUT2D eigenvalue weighted by Gasteiger charge is -2.48. The van der Waals surface area contributed by atoms with E-state index >= 15 is 0 Å². The molecule has 1 unspecified atom stereocenters. The maximum absolute atomic E-state index is 14.3. The van der Waals surface area contributed by atoms with Crippen molar-refractivity contribution in [3.05, 3.63) is 29.3 Å². The van der Waals surface area contributed by atoms with Crippen molar-refractivity contribution in [2.75, 3.05) is 64.0 Å². The first-order valence-electron chi connectivity index (χ1n) is 10.4. The van der Waals surface area contributed by atoms with Gasteiger partial charge in [-0.3, -0.25) is 4.79 Å². The number of ether oxygens (including phenoxy) is 10. The van der Waals surface area contributed by atoms with Crippen molar-refractivity contribution in [2.24, 2.45) is 0 Å². The number of rotatable bonds is 10. The summed E-state index contributed by atoms with van der Waals surface area (Å²) in [5.41, 5.74) is 0.195. The van der Waals surface area contributed by atoms with E-state index in [1.54, 1.807) is 18.2 Å². The van der Waals surface area contributed by atoms with Gasteiger partial charge in [0.25, 0.3) is 0 Å². The molecule has 0 saturated heterocycles. The van der Waals surface area contributed by atoms with Crippen LogP contribution in [0.2, 0.25) is 0 Å². The molecule has 1 aliphatic rings. The van der Waals surface area contributed by atoms with Crippen LogP contribution in [0.25, 0.3) is 0 Å². The first-order valence-corrected chi connectivity index (χ1v) is 10.4. The lowest BCUT2D eigenvalue weighted by molar-refractivity contribution is -0.354. The van der Waals surface area contributed by atoms with E-state index < -0.39 is 17.4 Å². The number of carbonyl (C=O) groups excluding carboxylic acids is 1. The normalized spacial score (nSPS) is 18.3. The van der Waals surface area contributed by atoms with E-state index in [1.165, 1.54) is 64.0 Å². The van der Waals surface area contributed by atoms with E-state index in [2.05, 4.69) is 0 Å². The Labute approximate surface area is 203 Å². The molecular weight excluding hydrogens is 464 g/mol. The Morgan fingerprint density at radius 2 is 1.17 bits per heavy atom. The van der Waals surface area contributed by atoms with Gasteiger partial charge >= 0.3 is 11.6 Å². The number of ketones is 1. The molecule has 1 aliphatic heterocycles. The van der Waals surface area contributed by atoms with Crippen molar-refractivity contribution in [3.8, 4) is 40.2 Å². The van der Waals surface area contributed by atoms with Crippen LogP contribution < -0.4 is 33.2 Å². The Hall–Kier alpha value is -3.41. The zero-order chi connectivity index (χ0) is 26.0. The minimum Gasteiger partial charge on any atom is -0.493 e. The summed E-state index contributed by atoms with van der Waals surface area (Å²) >= 11 is 0. The SMILES string of the molecule is COc1cccc(C2(OC)Oc3c(OC)c(OC)c(OC)c(OC)c3C(=O)C2(OC)OC)c1OC. The lowest BCUT2D eigenvalue weighted by Crippen LogP contribution is -2.66. The van der Waals surface area contributed by atoms with Gasteiger partial charge < -0.3 is 47.4 Å². The summed E-state index contributed by atoms with van der Waals surface area (Å²) in [6.45, 7) is 0. The fraction of sp³-hybridized carbons (Fsp3) is 0.458. The minimum atomic E-state index is -2.17. The van der Waals surface area contributed by atoms with E-state index in [0.29, 0.717) is 5.75 Å². The molecule has 1 atom stereocenters. The zero-order valence-corrected chi connectivity index (χ0v) is 21.2. The van der Waals surface area contributed by atoms with Crippen LogP contribution in [0.4, 0.5) is 0 Å².